The van der Waals surface area contributed by atoms with Crippen LogP contribution in [0.5, 0.6) is 0 Å². The molecule has 0 saturated carbocycles. The topological polar surface area (TPSA) is 46.2 Å². The molecule has 0 amide bonds. The van der Waals surface area contributed by atoms with E-state index in [-0.39, 0.29) is 6.04 Å². The number of hydrogen-bond acceptors (Lipinski definition) is 2. The largest absolute Gasteiger partial charge is 0.241 e. The maximum atomic E-state index is 12.6. The van der Waals surface area contributed by atoms with Gasteiger partial charge in [0.05, 0.1) is 10.9 Å². The summed E-state index contributed by atoms with van der Waals surface area (Å²) in [6.45, 7) is 5.96. The Bertz CT molecular complexity index is 849. The van der Waals surface area contributed by atoms with Crippen LogP contribution in [0.1, 0.15) is 36.6 Å². The van der Waals surface area contributed by atoms with Gasteiger partial charge in [-0.25, -0.2) is 8.42 Å². The summed E-state index contributed by atoms with van der Waals surface area (Å²) < 4.78 is 28.1. The molecule has 22 heavy (non-hydrogen) atoms. The second-order valence-corrected chi connectivity index (χ2v) is 7.48. The molecule has 3 nitrogen and oxygen atoms in total. The fourth-order valence-corrected chi connectivity index (χ4v) is 4.09. The van der Waals surface area contributed by atoms with E-state index < -0.39 is 10.0 Å². The van der Waals surface area contributed by atoms with Crippen LogP contribution in [0.4, 0.5) is 0 Å². The summed E-state index contributed by atoms with van der Waals surface area (Å²) in [6, 6.07) is 14.6. The lowest BCUT2D eigenvalue weighted by atomic mass is 10.1. The van der Waals surface area contributed by atoms with Crippen molar-refractivity contribution in [1.29, 1.82) is 0 Å². The first-order chi connectivity index (χ1) is 10.4. The minimum atomic E-state index is -3.54. The van der Waals surface area contributed by atoms with Crippen molar-refractivity contribution < 1.29 is 8.42 Å². The molecular weight excluding hydrogens is 294 g/mol. The summed E-state index contributed by atoms with van der Waals surface area (Å²) >= 11 is 0. The highest BCUT2D eigenvalue weighted by molar-refractivity contribution is 7.89. The van der Waals surface area contributed by atoms with Crippen LogP contribution in [0.3, 0.4) is 0 Å². The van der Waals surface area contributed by atoms with Crippen LogP contribution in [0.2, 0.25) is 0 Å². The molecule has 2 aromatic carbocycles. The van der Waals surface area contributed by atoms with E-state index in [1.165, 1.54) is 0 Å². The van der Waals surface area contributed by atoms with E-state index in [2.05, 4.69) is 4.72 Å². The van der Waals surface area contributed by atoms with E-state index in [0.29, 0.717) is 4.90 Å². The Hall–Kier alpha value is -1.91. The zero-order chi connectivity index (χ0) is 15.9. The van der Waals surface area contributed by atoms with Gasteiger partial charge in [-0.3, -0.25) is 0 Å². The smallest absolute Gasteiger partial charge is 0.207 e. The van der Waals surface area contributed by atoms with E-state index in [4.69, 9.17) is 0 Å². The highest BCUT2D eigenvalue weighted by atomic mass is 32.2. The SMILES string of the molecule is CC1=C(C)[C@H](NS(=O)(=O)c2ccc(C)cc2)c2ccccc21. The number of hydrogen-bond donors (Lipinski definition) is 1. The zero-order valence-electron chi connectivity index (χ0n) is 12.9. The van der Waals surface area contributed by atoms with E-state index >= 15 is 0 Å². The Morgan fingerprint density at radius 1 is 0.909 bits per heavy atom. The molecule has 0 spiro atoms. The molecule has 1 aliphatic rings. The van der Waals surface area contributed by atoms with Crippen LogP contribution >= 0.6 is 0 Å². The normalized spacial score (nSPS) is 17.7. The molecule has 3 rings (SSSR count). The quantitative estimate of drug-likeness (QED) is 0.936. The summed E-state index contributed by atoms with van der Waals surface area (Å²) in [6.07, 6.45) is 0. The van der Waals surface area contributed by atoms with Crippen LogP contribution < -0.4 is 4.72 Å². The van der Waals surface area contributed by atoms with Gasteiger partial charge < -0.3 is 0 Å². The average molecular weight is 313 g/mol. The van der Waals surface area contributed by atoms with Gasteiger partial charge in [-0.15, -0.1) is 0 Å². The average Bonchev–Trinajstić information content (AvgIpc) is 2.73. The molecular formula is C18H19NO2S. The van der Waals surface area contributed by atoms with Crippen LogP contribution in [-0.4, -0.2) is 8.42 Å². The summed E-state index contributed by atoms with van der Waals surface area (Å²) in [5, 5.41) is 0. The van der Waals surface area contributed by atoms with Crippen LogP contribution in [0.25, 0.3) is 5.57 Å². The van der Waals surface area contributed by atoms with Gasteiger partial charge in [-0.2, -0.15) is 4.72 Å². The number of nitrogens with one attached hydrogen (secondary N) is 1. The van der Waals surface area contributed by atoms with Crippen molar-refractivity contribution in [2.45, 2.75) is 31.7 Å². The molecule has 0 radical (unpaired) electrons. The monoisotopic (exact) mass is 313 g/mol. The van der Waals surface area contributed by atoms with E-state index in [0.717, 1.165) is 27.8 Å². The maximum absolute atomic E-state index is 12.6. The van der Waals surface area contributed by atoms with Crippen molar-refractivity contribution in [2.24, 2.45) is 0 Å². The lowest BCUT2D eigenvalue weighted by Crippen LogP contribution is -2.28. The molecule has 0 fully saturated rings. The Kier molecular flexibility index (Phi) is 3.67. The molecule has 0 heterocycles. The number of allylic oxidation sites excluding steroid dienone is 1. The van der Waals surface area contributed by atoms with Crippen molar-refractivity contribution in [2.75, 3.05) is 0 Å². The lowest BCUT2D eigenvalue weighted by molar-refractivity contribution is 0.572. The summed E-state index contributed by atoms with van der Waals surface area (Å²) in [7, 11) is -3.54. The van der Waals surface area contributed by atoms with Gasteiger partial charge in [0.1, 0.15) is 0 Å². The van der Waals surface area contributed by atoms with Crippen LogP contribution in [0.15, 0.2) is 59.0 Å². The second-order valence-electron chi connectivity index (χ2n) is 5.76. The molecule has 1 atom stereocenters. The minimum Gasteiger partial charge on any atom is -0.207 e. The minimum absolute atomic E-state index is 0.289. The summed E-state index contributed by atoms with van der Waals surface area (Å²) in [5.41, 5.74) is 5.38. The summed E-state index contributed by atoms with van der Waals surface area (Å²) in [5.74, 6) is 0. The first-order valence-corrected chi connectivity index (χ1v) is 8.74. The molecule has 0 unspecified atom stereocenters. The third-order valence-electron chi connectivity index (χ3n) is 4.30. The molecule has 1 aliphatic carbocycles. The van der Waals surface area contributed by atoms with Crippen molar-refractivity contribution in [3.05, 3.63) is 70.8 Å². The Labute approximate surface area is 131 Å². The molecule has 0 aliphatic heterocycles. The number of fused-ring (bicyclic) bond motifs is 1. The van der Waals surface area contributed by atoms with Crippen molar-refractivity contribution in [3.8, 4) is 0 Å². The highest BCUT2D eigenvalue weighted by Gasteiger charge is 2.30. The number of sulfonamides is 1. The second kappa shape index (κ2) is 5.38. The third kappa shape index (κ3) is 2.49. The first-order valence-electron chi connectivity index (χ1n) is 7.26. The standard InChI is InChI=1S/C18H19NO2S/c1-12-8-10-15(11-9-12)22(20,21)19-18-14(3)13(2)16-6-4-5-7-17(16)18/h4-11,18-19H,1-3H3/t18-/m0/s1. The highest BCUT2D eigenvalue weighted by Crippen LogP contribution is 2.40. The fraction of sp³-hybridized carbons (Fsp3) is 0.222. The number of aryl methyl sites for hydroxylation is 1. The molecule has 114 valence electrons. The van der Waals surface area contributed by atoms with Gasteiger partial charge in [0, 0.05) is 0 Å². The van der Waals surface area contributed by atoms with Gasteiger partial charge in [0.25, 0.3) is 0 Å². The summed E-state index contributed by atoms with van der Waals surface area (Å²) in [4.78, 5) is 0.299. The molecule has 0 saturated heterocycles. The third-order valence-corrected chi connectivity index (χ3v) is 5.74. The molecule has 1 N–H and O–H groups in total. The Balaban J connectivity index is 1.98. The van der Waals surface area contributed by atoms with E-state index in [1.807, 2.05) is 57.2 Å². The Morgan fingerprint density at radius 2 is 1.55 bits per heavy atom. The van der Waals surface area contributed by atoms with E-state index in [1.54, 1.807) is 12.1 Å². The van der Waals surface area contributed by atoms with Crippen LogP contribution in [-0.2, 0) is 10.0 Å². The maximum Gasteiger partial charge on any atom is 0.241 e. The Morgan fingerprint density at radius 3 is 2.23 bits per heavy atom. The molecule has 2 aromatic rings. The van der Waals surface area contributed by atoms with Crippen molar-refractivity contribution >= 4 is 15.6 Å². The number of rotatable bonds is 3. The molecule has 4 heteroatoms. The van der Waals surface area contributed by atoms with Gasteiger partial charge in [-0.1, -0.05) is 42.0 Å². The predicted octanol–water partition coefficient (Wildman–Crippen LogP) is 3.82. The molecule has 0 bridgehead atoms. The van der Waals surface area contributed by atoms with Gasteiger partial charge >= 0.3 is 0 Å². The fourth-order valence-electron chi connectivity index (χ4n) is 2.84. The van der Waals surface area contributed by atoms with Crippen LogP contribution in [0, 0.1) is 6.92 Å². The lowest BCUT2D eigenvalue weighted by Gasteiger charge is -2.17. The number of benzene rings is 2. The molecule has 0 aromatic heterocycles. The van der Waals surface area contributed by atoms with Crippen molar-refractivity contribution in [1.82, 2.24) is 4.72 Å². The first kappa shape index (κ1) is 15.0. The van der Waals surface area contributed by atoms with Gasteiger partial charge in [-0.05, 0) is 55.2 Å². The van der Waals surface area contributed by atoms with E-state index in [9.17, 15) is 8.42 Å². The predicted molar refractivity (Wildman–Crippen MR) is 89.0 cm³/mol. The van der Waals surface area contributed by atoms with Gasteiger partial charge in [0.15, 0.2) is 0 Å². The van der Waals surface area contributed by atoms with Crippen molar-refractivity contribution in [3.63, 3.8) is 0 Å². The van der Waals surface area contributed by atoms with Gasteiger partial charge in [0.2, 0.25) is 10.0 Å². The zero-order valence-corrected chi connectivity index (χ0v) is 13.7.